The Morgan fingerprint density at radius 1 is 1.48 bits per heavy atom. The molecule has 23 heavy (non-hydrogen) atoms. The van der Waals surface area contributed by atoms with Gasteiger partial charge in [0.1, 0.15) is 11.5 Å². The topological polar surface area (TPSA) is 84.5 Å². The number of thioether (sulfide) groups is 1. The quantitative estimate of drug-likeness (QED) is 0.574. The van der Waals surface area contributed by atoms with Gasteiger partial charge >= 0.3 is 11.5 Å². The van der Waals surface area contributed by atoms with Crippen molar-refractivity contribution in [3.63, 3.8) is 0 Å². The molecule has 0 radical (unpaired) electrons. The highest BCUT2D eigenvalue weighted by Crippen LogP contribution is 2.40. The first-order chi connectivity index (χ1) is 10.8. The first kappa shape index (κ1) is 16.8. The summed E-state index contributed by atoms with van der Waals surface area (Å²) < 4.78 is 39.4. The zero-order chi connectivity index (χ0) is 17.0. The fourth-order valence-electron chi connectivity index (χ4n) is 1.71. The summed E-state index contributed by atoms with van der Waals surface area (Å²) in [5.41, 5.74) is 1.40. The number of pyridine rings is 1. The van der Waals surface area contributed by atoms with E-state index in [1.165, 1.54) is 29.8 Å². The Morgan fingerprint density at radius 2 is 2.22 bits per heavy atom. The Morgan fingerprint density at radius 3 is 2.87 bits per heavy atom. The van der Waals surface area contributed by atoms with Gasteiger partial charge in [-0.3, -0.25) is 0 Å². The molecule has 2 heterocycles. The number of nitrogens with two attached hydrogens (primary N) is 1. The van der Waals surface area contributed by atoms with Crippen LogP contribution in [0.25, 0.3) is 5.52 Å². The van der Waals surface area contributed by atoms with E-state index in [9.17, 15) is 18.0 Å². The van der Waals surface area contributed by atoms with Crippen LogP contribution in [0.4, 0.5) is 23.8 Å². The number of carbonyl (C=O) groups excluding carboxylic acids is 1. The van der Waals surface area contributed by atoms with Gasteiger partial charge < -0.3 is 16.4 Å². The Labute approximate surface area is 133 Å². The molecule has 0 aliphatic heterocycles. The molecule has 0 atom stereocenters. The van der Waals surface area contributed by atoms with E-state index in [4.69, 9.17) is 5.73 Å². The summed E-state index contributed by atoms with van der Waals surface area (Å²) in [5, 5.41) is 8.73. The third kappa shape index (κ3) is 4.23. The van der Waals surface area contributed by atoms with Crippen LogP contribution in [0.15, 0.2) is 23.1 Å². The summed E-state index contributed by atoms with van der Waals surface area (Å²) in [6, 6.07) is 4.10. The second kappa shape index (κ2) is 6.70. The molecule has 0 spiro atoms. The summed E-state index contributed by atoms with van der Waals surface area (Å²) in [6.45, 7) is -0.0286. The molecule has 2 rings (SSSR count). The Kier molecular flexibility index (Phi) is 4.90. The minimum absolute atomic E-state index is 0.0286. The monoisotopic (exact) mass is 343 g/mol. The first-order valence-electron chi connectivity index (χ1n) is 6.29. The number of hydrogen-bond donors (Lipinski definition) is 3. The number of anilines is 1. The Hall–Kier alpha value is -2.54. The van der Waals surface area contributed by atoms with Crippen LogP contribution in [0, 0.1) is 11.8 Å². The minimum Gasteiger partial charge on any atom is -0.384 e. The third-order valence-corrected chi connectivity index (χ3v) is 3.47. The van der Waals surface area contributed by atoms with Crippen molar-refractivity contribution in [2.24, 2.45) is 0 Å². The molecule has 122 valence electrons. The lowest BCUT2D eigenvalue weighted by atomic mass is 10.3. The van der Waals surface area contributed by atoms with E-state index in [0.717, 1.165) is 0 Å². The predicted molar refractivity (Wildman–Crippen MR) is 80.9 cm³/mol. The molecule has 0 fully saturated rings. The number of nitrogens with zero attached hydrogens (tertiary/aromatic N) is 2. The van der Waals surface area contributed by atoms with Crippen LogP contribution in [0.5, 0.6) is 0 Å². The van der Waals surface area contributed by atoms with Crippen LogP contribution in [0.3, 0.4) is 0 Å². The maximum Gasteiger partial charge on any atom is 0.446 e. The van der Waals surface area contributed by atoms with E-state index in [1.54, 1.807) is 0 Å². The maximum atomic E-state index is 12.7. The lowest BCUT2D eigenvalue weighted by Crippen LogP contribution is -2.32. The molecule has 2 amide bonds. The van der Waals surface area contributed by atoms with Gasteiger partial charge in [-0.05, 0) is 29.8 Å². The molecule has 0 unspecified atom stereocenters. The standard InChI is InChI=1S/C13H12F3N5OS/c1-18-12(22)19-7-3-4-8-11(23-13(14,15)16)9-5-2-6-10(17)21(9)20-8/h2,5-6H,7,17H2,1H3,(H2,18,19,22). The SMILES string of the molecule is CNC(=O)NCC#Cc1nn2c(N)cccc2c1SC(F)(F)F. The largest absolute Gasteiger partial charge is 0.446 e. The average Bonchev–Trinajstić information content (AvgIpc) is 2.81. The summed E-state index contributed by atoms with van der Waals surface area (Å²) in [5.74, 6) is 5.28. The molecular weight excluding hydrogens is 331 g/mol. The van der Waals surface area contributed by atoms with Crippen LogP contribution >= 0.6 is 11.8 Å². The van der Waals surface area contributed by atoms with Gasteiger partial charge in [-0.25, -0.2) is 9.31 Å². The highest BCUT2D eigenvalue weighted by molar-refractivity contribution is 8.00. The maximum absolute atomic E-state index is 12.7. The zero-order valence-corrected chi connectivity index (χ0v) is 12.7. The Balaban J connectivity index is 2.38. The smallest absolute Gasteiger partial charge is 0.384 e. The van der Waals surface area contributed by atoms with Gasteiger partial charge in [0.05, 0.1) is 17.0 Å². The van der Waals surface area contributed by atoms with Crippen molar-refractivity contribution in [3.05, 3.63) is 23.9 Å². The van der Waals surface area contributed by atoms with Crippen molar-refractivity contribution in [2.45, 2.75) is 10.4 Å². The average molecular weight is 343 g/mol. The van der Waals surface area contributed by atoms with E-state index in [-0.39, 0.29) is 40.2 Å². The molecule has 4 N–H and O–H groups in total. The van der Waals surface area contributed by atoms with E-state index < -0.39 is 11.5 Å². The number of carbonyl (C=O) groups is 1. The van der Waals surface area contributed by atoms with E-state index >= 15 is 0 Å². The molecule has 0 bridgehead atoms. The van der Waals surface area contributed by atoms with Gasteiger partial charge in [0, 0.05) is 7.05 Å². The van der Waals surface area contributed by atoms with Crippen LogP contribution in [0.2, 0.25) is 0 Å². The van der Waals surface area contributed by atoms with Gasteiger partial charge in [-0.1, -0.05) is 12.0 Å². The van der Waals surface area contributed by atoms with Crippen molar-refractivity contribution in [1.29, 1.82) is 0 Å². The van der Waals surface area contributed by atoms with Crippen LogP contribution < -0.4 is 16.4 Å². The molecule has 0 aromatic carbocycles. The van der Waals surface area contributed by atoms with Crippen molar-refractivity contribution in [2.75, 3.05) is 19.3 Å². The molecule has 6 nitrogen and oxygen atoms in total. The molecule has 2 aromatic rings. The normalized spacial score (nSPS) is 11.0. The summed E-state index contributed by atoms with van der Waals surface area (Å²) >= 11 is -0.300. The minimum atomic E-state index is -4.48. The van der Waals surface area contributed by atoms with Crippen molar-refractivity contribution in [3.8, 4) is 11.8 Å². The molecule has 0 aliphatic rings. The van der Waals surface area contributed by atoms with Gasteiger partial charge in [0.2, 0.25) is 0 Å². The molecule has 2 aromatic heterocycles. The number of nitrogens with one attached hydrogen (secondary N) is 2. The van der Waals surface area contributed by atoms with Gasteiger partial charge in [0.15, 0.2) is 0 Å². The third-order valence-electron chi connectivity index (χ3n) is 2.63. The van der Waals surface area contributed by atoms with Crippen LogP contribution in [-0.4, -0.2) is 34.7 Å². The molecule has 0 saturated heterocycles. The van der Waals surface area contributed by atoms with Crippen LogP contribution in [-0.2, 0) is 0 Å². The number of alkyl halides is 3. The Bertz CT molecular complexity index is 790. The van der Waals surface area contributed by atoms with Crippen molar-refractivity contribution < 1.29 is 18.0 Å². The number of rotatable bonds is 2. The zero-order valence-electron chi connectivity index (χ0n) is 11.9. The molecule has 10 heteroatoms. The number of fused-ring (bicyclic) bond motifs is 1. The number of aromatic nitrogens is 2. The molecule has 0 aliphatic carbocycles. The van der Waals surface area contributed by atoms with Gasteiger partial charge in [0.25, 0.3) is 0 Å². The highest BCUT2D eigenvalue weighted by Gasteiger charge is 2.32. The van der Waals surface area contributed by atoms with Crippen LogP contribution in [0.1, 0.15) is 5.69 Å². The van der Waals surface area contributed by atoms with E-state index in [2.05, 4.69) is 27.6 Å². The van der Waals surface area contributed by atoms with Gasteiger partial charge in [-0.15, -0.1) is 0 Å². The predicted octanol–water partition coefficient (Wildman–Crippen LogP) is 1.81. The second-order valence-corrected chi connectivity index (χ2v) is 5.28. The summed E-state index contributed by atoms with van der Waals surface area (Å²) in [6.07, 6.45) is 0. The number of nitrogen functional groups attached to an aromatic ring is 1. The lowest BCUT2D eigenvalue weighted by molar-refractivity contribution is -0.0327. The second-order valence-electron chi connectivity index (χ2n) is 4.21. The first-order valence-corrected chi connectivity index (χ1v) is 7.11. The number of urea groups is 1. The number of amides is 2. The molecule has 0 saturated carbocycles. The summed E-state index contributed by atoms with van der Waals surface area (Å²) in [7, 11) is 1.44. The molecular formula is C13H12F3N5OS. The fraction of sp³-hybridized carbons (Fsp3) is 0.231. The lowest BCUT2D eigenvalue weighted by Gasteiger charge is -2.04. The fourth-order valence-corrected chi connectivity index (χ4v) is 2.39. The van der Waals surface area contributed by atoms with E-state index in [1.807, 2.05) is 0 Å². The van der Waals surface area contributed by atoms with Crippen molar-refractivity contribution in [1.82, 2.24) is 20.2 Å². The summed E-state index contributed by atoms with van der Waals surface area (Å²) in [4.78, 5) is 10.9. The number of halogens is 3. The highest BCUT2D eigenvalue weighted by atomic mass is 32.2. The van der Waals surface area contributed by atoms with Gasteiger partial charge in [-0.2, -0.15) is 18.3 Å². The van der Waals surface area contributed by atoms with E-state index in [0.29, 0.717) is 0 Å². The van der Waals surface area contributed by atoms with Crippen molar-refractivity contribution >= 4 is 29.1 Å². The number of hydrogen-bond acceptors (Lipinski definition) is 4.